The number of hydrogen-bond donors (Lipinski definition) is 1. The van der Waals surface area contributed by atoms with Gasteiger partial charge in [-0.3, -0.25) is 0 Å². The molecule has 0 bridgehead atoms. The van der Waals surface area contributed by atoms with E-state index in [1.807, 2.05) is 14.1 Å². The third kappa shape index (κ3) is 2.96. The molecule has 0 aliphatic heterocycles. The van der Waals surface area contributed by atoms with Crippen LogP contribution in [0.15, 0.2) is 18.2 Å². The van der Waals surface area contributed by atoms with Crippen molar-refractivity contribution in [3.8, 4) is 0 Å². The predicted octanol–water partition coefficient (Wildman–Crippen LogP) is 2.41. The Hall–Kier alpha value is -1.02. The molecule has 0 unspecified atom stereocenters. The van der Waals surface area contributed by atoms with Gasteiger partial charge in [-0.25, -0.2) is 0 Å². The largest absolute Gasteiger partial charge is 0.396 e. The van der Waals surface area contributed by atoms with Crippen molar-refractivity contribution in [1.29, 1.82) is 0 Å². The molecule has 2 nitrogen and oxygen atoms in total. The fourth-order valence-electron chi connectivity index (χ4n) is 1.72. The summed E-state index contributed by atoms with van der Waals surface area (Å²) in [6, 6.07) is 6.51. The van der Waals surface area contributed by atoms with Crippen LogP contribution in [0.4, 0.5) is 5.69 Å². The molecule has 1 aromatic carbocycles. The minimum atomic E-state index is 0.211. The molecule has 0 heterocycles. The molecule has 0 aromatic heterocycles. The van der Waals surface area contributed by atoms with Gasteiger partial charge in [0.25, 0.3) is 0 Å². The highest BCUT2D eigenvalue weighted by molar-refractivity contribution is 5.54. The SMILES string of the molecule is CC(C)c1ccc(N(C)C)c(CCO)c1. The standard InChI is InChI=1S/C13H21NO/c1-10(2)11-5-6-13(14(3)4)12(9-11)7-8-15/h5-6,9-10,15H,7-8H2,1-4H3. The van der Waals surface area contributed by atoms with Gasteiger partial charge in [0.05, 0.1) is 0 Å². The summed E-state index contributed by atoms with van der Waals surface area (Å²) in [7, 11) is 4.07. The van der Waals surface area contributed by atoms with Gasteiger partial charge in [-0.2, -0.15) is 0 Å². The van der Waals surface area contributed by atoms with Gasteiger partial charge in [0.1, 0.15) is 0 Å². The maximum Gasteiger partial charge on any atom is 0.0472 e. The zero-order chi connectivity index (χ0) is 11.4. The lowest BCUT2D eigenvalue weighted by atomic mass is 9.98. The van der Waals surface area contributed by atoms with E-state index in [0.717, 1.165) is 6.42 Å². The molecular weight excluding hydrogens is 186 g/mol. The van der Waals surface area contributed by atoms with Crippen LogP contribution >= 0.6 is 0 Å². The van der Waals surface area contributed by atoms with E-state index < -0.39 is 0 Å². The van der Waals surface area contributed by atoms with Crippen molar-refractivity contribution in [3.63, 3.8) is 0 Å². The Morgan fingerprint density at radius 2 is 1.93 bits per heavy atom. The first kappa shape index (κ1) is 12.1. The lowest BCUT2D eigenvalue weighted by Gasteiger charge is -2.19. The molecule has 0 spiro atoms. The van der Waals surface area contributed by atoms with Gasteiger partial charge in [0.2, 0.25) is 0 Å². The molecule has 1 rings (SSSR count). The Morgan fingerprint density at radius 3 is 2.40 bits per heavy atom. The first-order chi connectivity index (χ1) is 7.06. The highest BCUT2D eigenvalue weighted by atomic mass is 16.2. The van der Waals surface area contributed by atoms with E-state index in [2.05, 4.69) is 36.9 Å². The van der Waals surface area contributed by atoms with Crippen molar-refractivity contribution in [1.82, 2.24) is 0 Å². The quantitative estimate of drug-likeness (QED) is 0.819. The Bertz CT molecular complexity index is 318. The van der Waals surface area contributed by atoms with Crippen LogP contribution in [0.25, 0.3) is 0 Å². The summed E-state index contributed by atoms with van der Waals surface area (Å²) in [5.41, 5.74) is 3.77. The molecule has 0 amide bonds. The summed E-state index contributed by atoms with van der Waals surface area (Å²) in [4.78, 5) is 2.09. The van der Waals surface area contributed by atoms with Crippen molar-refractivity contribution in [3.05, 3.63) is 29.3 Å². The molecule has 0 aliphatic rings. The van der Waals surface area contributed by atoms with Gasteiger partial charge in [-0.05, 0) is 29.5 Å². The first-order valence-electron chi connectivity index (χ1n) is 5.47. The molecule has 0 atom stereocenters. The van der Waals surface area contributed by atoms with Gasteiger partial charge in [-0.1, -0.05) is 26.0 Å². The van der Waals surface area contributed by atoms with Gasteiger partial charge in [0, 0.05) is 26.4 Å². The number of hydrogen-bond acceptors (Lipinski definition) is 2. The minimum Gasteiger partial charge on any atom is -0.396 e. The second kappa shape index (κ2) is 5.17. The Morgan fingerprint density at radius 1 is 1.27 bits per heavy atom. The van der Waals surface area contributed by atoms with Crippen LogP contribution in [0.2, 0.25) is 0 Å². The molecule has 0 aliphatic carbocycles. The van der Waals surface area contributed by atoms with E-state index in [1.165, 1.54) is 16.8 Å². The van der Waals surface area contributed by atoms with E-state index >= 15 is 0 Å². The molecule has 15 heavy (non-hydrogen) atoms. The van der Waals surface area contributed by atoms with Gasteiger partial charge < -0.3 is 10.0 Å². The average Bonchev–Trinajstić information content (AvgIpc) is 2.17. The van der Waals surface area contributed by atoms with Crippen LogP contribution in [-0.2, 0) is 6.42 Å². The normalized spacial score (nSPS) is 10.8. The number of anilines is 1. The third-order valence-electron chi connectivity index (χ3n) is 2.63. The smallest absolute Gasteiger partial charge is 0.0472 e. The first-order valence-corrected chi connectivity index (χ1v) is 5.47. The number of nitrogens with zero attached hydrogens (tertiary/aromatic N) is 1. The Balaban J connectivity index is 3.08. The monoisotopic (exact) mass is 207 g/mol. The minimum absolute atomic E-state index is 0.211. The summed E-state index contributed by atoms with van der Waals surface area (Å²) in [5.74, 6) is 0.540. The van der Waals surface area contributed by atoms with Gasteiger partial charge in [0.15, 0.2) is 0 Å². The molecule has 1 N–H and O–H groups in total. The molecule has 0 radical (unpaired) electrons. The van der Waals surface area contributed by atoms with E-state index in [1.54, 1.807) is 0 Å². The van der Waals surface area contributed by atoms with Crippen LogP contribution in [-0.4, -0.2) is 25.8 Å². The summed E-state index contributed by atoms with van der Waals surface area (Å²) in [6.07, 6.45) is 0.730. The maximum atomic E-state index is 9.04. The van der Waals surface area contributed by atoms with E-state index in [0.29, 0.717) is 5.92 Å². The topological polar surface area (TPSA) is 23.5 Å². The zero-order valence-corrected chi connectivity index (χ0v) is 10.1. The van der Waals surface area contributed by atoms with Gasteiger partial charge in [-0.15, -0.1) is 0 Å². The van der Waals surface area contributed by atoms with Crippen LogP contribution < -0.4 is 4.90 Å². The van der Waals surface area contributed by atoms with Crippen molar-refractivity contribution < 1.29 is 5.11 Å². The second-order valence-corrected chi connectivity index (χ2v) is 4.41. The average molecular weight is 207 g/mol. The number of benzene rings is 1. The molecule has 0 fully saturated rings. The van der Waals surface area contributed by atoms with Crippen LogP contribution in [0.1, 0.15) is 30.9 Å². The van der Waals surface area contributed by atoms with E-state index in [9.17, 15) is 0 Å². The Kier molecular flexibility index (Phi) is 4.15. The van der Waals surface area contributed by atoms with Crippen molar-refractivity contribution >= 4 is 5.69 Å². The summed E-state index contributed by atoms with van der Waals surface area (Å²) >= 11 is 0. The highest BCUT2D eigenvalue weighted by Crippen LogP contribution is 2.24. The molecule has 2 heteroatoms. The van der Waals surface area contributed by atoms with Crippen LogP contribution in [0.5, 0.6) is 0 Å². The highest BCUT2D eigenvalue weighted by Gasteiger charge is 2.07. The zero-order valence-electron chi connectivity index (χ0n) is 10.1. The number of aliphatic hydroxyl groups excluding tert-OH is 1. The maximum absolute atomic E-state index is 9.04. The molecule has 84 valence electrons. The molecule has 1 aromatic rings. The lowest BCUT2D eigenvalue weighted by molar-refractivity contribution is 0.299. The summed E-state index contributed by atoms with van der Waals surface area (Å²) in [5, 5.41) is 9.04. The van der Waals surface area contributed by atoms with Crippen molar-refractivity contribution in [2.75, 3.05) is 25.6 Å². The summed E-state index contributed by atoms with van der Waals surface area (Å²) in [6.45, 7) is 4.59. The lowest BCUT2D eigenvalue weighted by Crippen LogP contribution is -2.12. The second-order valence-electron chi connectivity index (χ2n) is 4.41. The Labute approximate surface area is 92.5 Å². The number of aliphatic hydroxyl groups is 1. The van der Waals surface area contributed by atoms with E-state index in [4.69, 9.17) is 5.11 Å². The fourth-order valence-corrected chi connectivity index (χ4v) is 1.72. The van der Waals surface area contributed by atoms with E-state index in [-0.39, 0.29) is 6.61 Å². The number of rotatable bonds is 4. The molecule has 0 saturated carbocycles. The third-order valence-corrected chi connectivity index (χ3v) is 2.63. The van der Waals surface area contributed by atoms with Crippen LogP contribution in [0.3, 0.4) is 0 Å². The van der Waals surface area contributed by atoms with Crippen LogP contribution in [0, 0.1) is 0 Å². The van der Waals surface area contributed by atoms with Crippen molar-refractivity contribution in [2.45, 2.75) is 26.2 Å². The fraction of sp³-hybridized carbons (Fsp3) is 0.538. The summed E-state index contributed by atoms with van der Waals surface area (Å²) < 4.78 is 0. The predicted molar refractivity (Wildman–Crippen MR) is 65.6 cm³/mol. The van der Waals surface area contributed by atoms with Gasteiger partial charge >= 0.3 is 0 Å². The molecular formula is C13H21NO. The molecule has 0 saturated heterocycles. The van der Waals surface area contributed by atoms with Crippen molar-refractivity contribution in [2.24, 2.45) is 0 Å².